The van der Waals surface area contributed by atoms with E-state index >= 15 is 4.39 Å². The van der Waals surface area contributed by atoms with E-state index in [1.54, 1.807) is 13.1 Å². The second kappa shape index (κ2) is 8.43. The Morgan fingerprint density at radius 3 is 2.71 bits per heavy atom. The van der Waals surface area contributed by atoms with Gasteiger partial charge in [0.05, 0.1) is 6.20 Å². The maximum Gasteiger partial charge on any atom is 0.227 e. The third-order valence-electron chi connectivity index (χ3n) is 7.13. The molecule has 2 aliphatic heterocycles. The maximum atomic E-state index is 15.6. The lowest BCUT2D eigenvalue weighted by Crippen LogP contribution is -2.56. The summed E-state index contributed by atoms with van der Waals surface area (Å²) >= 11 is 0. The monoisotopic (exact) mass is 422 g/mol. The van der Waals surface area contributed by atoms with Crippen molar-refractivity contribution >= 4 is 17.5 Å². The molecule has 1 aromatic heterocycles. The third-order valence-corrected chi connectivity index (χ3v) is 7.13. The van der Waals surface area contributed by atoms with Gasteiger partial charge in [-0.15, -0.1) is 0 Å². The standard InChI is InChI=1S/C24H31FN6/c1-15-5-6-21(7-16(15)2)29-22-19(9-26)12-28-23(30-22)31-13-17(3)24(4,25)20(14-31)8-18-10-27-11-18/h5-7,12,17-18,20,27H,8,10-11,13-14H2,1-4H3,(H,28,29,30). The zero-order chi connectivity index (χ0) is 22.2. The minimum Gasteiger partial charge on any atom is -0.340 e. The number of halogens is 1. The summed E-state index contributed by atoms with van der Waals surface area (Å²) in [6.45, 7) is 10.9. The molecule has 3 heterocycles. The van der Waals surface area contributed by atoms with Gasteiger partial charge in [0.25, 0.3) is 0 Å². The summed E-state index contributed by atoms with van der Waals surface area (Å²) < 4.78 is 15.6. The summed E-state index contributed by atoms with van der Waals surface area (Å²) in [5.74, 6) is 1.37. The molecule has 2 fully saturated rings. The lowest BCUT2D eigenvalue weighted by molar-refractivity contribution is 0.0106. The minimum absolute atomic E-state index is 0.0706. The molecule has 0 saturated carbocycles. The molecule has 3 atom stereocenters. The molecule has 0 aliphatic carbocycles. The van der Waals surface area contributed by atoms with Crippen molar-refractivity contribution in [1.29, 1.82) is 5.26 Å². The molecular weight excluding hydrogens is 391 g/mol. The van der Waals surface area contributed by atoms with Crippen molar-refractivity contribution in [3.8, 4) is 6.07 Å². The summed E-state index contributed by atoms with van der Waals surface area (Å²) in [5.41, 5.74) is 2.43. The van der Waals surface area contributed by atoms with Crippen molar-refractivity contribution in [2.75, 3.05) is 36.4 Å². The molecule has 2 saturated heterocycles. The van der Waals surface area contributed by atoms with E-state index < -0.39 is 5.67 Å². The molecular formula is C24H31FN6. The van der Waals surface area contributed by atoms with Crippen LogP contribution in [-0.2, 0) is 0 Å². The van der Waals surface area contributed by atoms with E-state index in [1.807, 2.05) is 25.1 Å². The number of nitrogens with zero attached hydrogens (tertiary/aromatic N) is 4. The predicted octanol–water partition coefficient (Wildman–Crippen LogP) is 4.12. The summed E-state index contributed by atoms with van der Waals surface area (Å²) in [4.78, 5) is 11.2. The Kier molecular flexibility index (Phi) is 5.85. The summed E-state index contributed by atoms with van der Waals surface area (Å²) in [6.07, 6.45) is 2.43. The van der Waals surface area contributed by atoms with Crippen LogP contribution in [0.4, 0.5) is 21.8 Å². The summed E-state index contributed by atoms with van der Waals surface area (Å²) in [6, 6.07) is 8.23. The number of nitriles is 1. The molecule has 2 N–H and O–H groups in total. The first-order chi connectivity index (χ1) is 14.8. The van der Waals surface area contributed by atoms with Gasteiger partial charge < -0.3 is 15.5 Å². The number of anilines is 3. The number of nitrogens with one attached hydrogen (secondary N) is 2. The second-order valence-electron chi connectivity index (χ2n) is 9.38. The van der Waals surface area contributed by atoms with Crippen LogP contribution in [0.1, 0.15) is 37.0 Å². The maximum absolute atomic E-state index is 15.6. The van der Waals surface area contributed by atoms with Crippen LogP contribution in [0.25, 0.3) is 0 Å². The SMILES string of the molecule is Cc1ccc(Nc2nc(N3CC(C)C(C)(F)C(CC4CNC4)C3)ncc2C#N)cc1C. The first-order valence-electron chi connectivity index (χ1n) is 11.0. The molecule has 0 radical (unpaired) electrons. The highest BCUT2D eigenvalue weighted by atomic mass is 19.1. The number of rotatable bonds is 5. The Bertz CT molecular complexity index is 994. The van der Waals surface area contributed by atoms with Gasteiger partial charge in [0, 0.05) is 30.6 Å². The van der Waals surface area contributed by atoms with Crippen molar-refractivity contribution in [1.82, 2.24) is 15.3 Å². The van der Waals surface area contributed by atoms with E-state index in [0.29, 0.717) is 36.3 Å². The van der Waals surface area contributed by atoms with Crippen molar-refractivity contribution in [2.45, 2.75) is 39.8 Å². The van der Waals surface area contributed by atoms with Crippen LogP contribution in [0, 0.1) is 42.9 Å². The van der Waals surface area contributed by atoms with Gasteiger partial charge in [-0.2, -0.15) is 10.2 Å². The van der Waals surface area contributed by atoms with Gasteiger partial charge in [-0.25, -0.2) is 9.37 Å². The van der Waals surface area contributed by atoms with Gasteiger partial charge in [0.1, 0.15) is 17.3 Å². The number of benzene rings is 1. The fourth-order valence-electron chi connectivity index (χ4n) is 4.47. The molecule has 4 rings (SSSR count). The lowest BCUT2D eigenvalue weighted by Gasteiger charge is -2.47. The van der Waals surface area contributed by atoms with Gasteiger partial charge in [-0.3, -0.25) is 0 Å². The zero-order valence-electron chi connectivity index (χ0n) is 18.7. The Labute approximate surface area is 183 Å². The highest BCUT2D eigenvalue weighted by molar-refractivity contribution is 5.64. The van der Waals surface area contributed by atoms with Crippen molar-refractivity contribution in [2.24, 2.45) is 17.8 Å². The fourth-order valence-corrected chi connectivity index (χ4v) is 4.47. The van der Waals surface area contributed by atoms with Crippen molar-refractivity contribution < 1.29 is 4.39 Å². The van der Waals surface area contributed by atoms with Crippen molar-refractivity contribution in [3.05, 3.63) is 41.1 Å². The quantitative estimate of drug-likeness (QED) is 0.755. The molecule has 0 amide bonds. The van der Waals surface area contributed by atoms with Gasteiger partial charge in [-0.05, 0) is 69.5 Å². The number of aromatic nitrogens is 2. The number of aryl methyl sites for hydroxylation is 2. The van der Waals surface area contributed by atoms with E-state index in [-0.39, 0.29) is 11.8 Å². The number of hydrogen-bond donors (Lipinski definition) is 2. The van der Waals surface area contributed by atoms with Gasteiger partial charge >= 0.3 is 0 Å². The van der Waals surface area contributed by atoms with Crippen LogP contribution in [0.3, 0.4) is 0 Å². The third kappa shape index (κ3) is 4.35. The molecule has 31 heavy (non-hydrogen) atoms. The van der Waals surface area contributed by atoms with E-state index in [0.717, 1.165) is 30.8 Å². The van der Waals surface area contributed by atoms with Gasteiger partial charge in [-0.1, -0.05) is 13.0 Å². The van der Waals surface area contributed by atoms with Crippen LogP contribution in [0.2, 0.25) is 0 Å². The minimum atomic E-state index is -1.21. The molecule has 2 aromatic rings. The molecule has 0 spiro atoms. The van der Waals surface area contributed by atoms with E-state index in [4.69, 9.17) is 4.98 Å². The van der Waals surface area contributed by atoms with Crippen LogP contribution < -0.4 is 15.5 Å². The smallest absolute Gasteiger partial charge is 0.227 e. The Balaban J connectivity index is 1.59. The Morgan fingerprint density at radius 2 is 2.06 bits per heavy atom. The van der Waals surface area contributed by atoms with Crippen LogP contribution in [0.15, 0.2) is 24.4 Å². The molecule has 6 nitrogen and oxygen atoms in total. The second-order valence-corrected chi connectivity index (χ2v) is 9.38. The molecule has 164 valence electrons. The Morgan fingerprint density at radius 1 is 1.29 bits per heavy atom. The van der Waals surface area contributed by atoms with Gasteiger partial charge in [0.15, 0.2) is 5.82 Å². The number of hydrogen-bond acceptors (Lipinski definition) is 6. The van der Waals surface area contributed by atoms with Crippen molar-refractivity contribution in [3.63, 3.8) is 0 Å². The number of alkyl halides is 1. The lowest BCUT2D eigenvalue weighted by atomic mass is 9.72. The number of piperidine rings is 1. The molecule has 7 heteroatoms. The normalized spacial score (nSPS) is 26.3. The van der Waals surface area contributed by atoms with E-state index in [1.165, 1.54) is 5.56 Å². The first kappa shape index (κ1) is 21.5. The highest BCUT2D eigenvalue weighted by Crippen LogP contribution is 2.40. The topological polar surface area (TPSA) is 76.9 Å². The zero-order valence-corrected chi connectivity index (χ0v) is 18.7. The summed E-state index contributed by atoms with van der Waals surface area (Å²) in [7, 11) is 0. The molecule has 1 aromatic carbocycles. The van der Waals surface area contributed by atoms with Crippen LogP contribution in [-0.4, -0.2) is 41.8 Å². The van der Waals surface area contributed by atoms with Crippen LogP contribution in [0.5, 0.6) is 0 Å². The highest BCUT2D eigenvalue weighted by Gasteiger charge is 2.46. The Hall–Kier alpha value is -2.72. The largest absolute Gasteiger partial charge is 0.340 e. The van der Waals surface area contributed by atoms with Crippen LogP contribution >= 0.6 is 0 Å². The van der Waals surface area contributed by atoms with E-state index in [2.05, 4.69) is 40.4 Å². The average molecular weight is 423 g/mol. The van der Waals surface area contributed by atoms with Gasteiger partial charge in [0.2, 0.25) is 5.95 Å². The fraction of sp³-hybridized carbons (Fsp3) is 0.542. The summed E-state index contributed by atoms with van der Waals surface area (Å²) in [5, 5.41) is 16.1. The molecule has 2 aliphatic rings. The first-order valence-corrected chi connectivity index (χ1v) is 11.0. The molecule has 0 bridgehead atoms. The predicted molar refractivity (Wildman–Crippen MR) is 121 cm³/mol. The molecule has 3 unspecified atom stereocenters. The average Bonchev–Trinajstić information content (AvgIpc) is 2.70. The van der Waals surface area contributed by atoms with E-state index in [9.17, 15) is 5.26 Å².